The van der Waals surface area contributed by atoms with Crippen molar-refractivity contribution in [2.45, 2.75) is 13.3 Å². The van der Waals surface area contributed by atoms with Crippen LogP contribution >= 0.6 is 11.3 Å². The summed E-state index contributed by atoms with van der Waals surface area (Å²) in [5.41, 5.74) is 2.12. The highest BCUT2D eigenvalue weighted by Gasteiger charge is 2.04. The summed E-state index contributed by atoms with van der Waals surface area (Å²) in [6.45, 7) is 1.97. The number of hydrogen-bond donors (Lipinski definition) is 1. The number of thiophene rings is 1. The van der Waals surface area contributed by atoms with Gasteiger partial charge in [-0.3, -0.25) is 4.79 Å². The first-order valence-corrected chi connectivity index (χ1v) is 5.92. The third-order valence-corrected chi connectivity index (χ3v) is 2.86. The van der Waals surface area contributed by atoms with E-state index >= 15 is 0 Å². The Kier molecular flexibility index (Phi) is 3.31. The van der Waals surface area contributed by atoms with Crippen LogP contribution in [0.1, 0.15) is 11.1 Å². The molecule has 0 atom stereocenters. The van der Waals surface area contributed by atoms with E-state index in [4.69, 9.17) is 0 Å². The summed E-state index contributed by atoms with van der Waals surface area (Å²) in [6.07, 6.45) is 2.09. The fourth-order valence-electron chi connectivity index (χ4n) is 1.37. The topological polar surface area (TPSA) is 42.0 Å². The van der Waals surface area contributed by atoms with E-state index in [2.05, 4.69) is 10.3 Å². The second-order valence-corrected chi connectivity index (χ2v) is 4.36. The van der Waals surface area contributed by atoms with E-state index in [1.54, 1.807) is 17.5 Å². The molecular formula is C12H12N2OS. The molecule has 4 heteroatoms. The van der Waals surface area contributed by atoms with Crippen LogP contribution < -0.4 is 5.32 Å². The van der Waals surface area contributed by atoms with Gasteiger partial charge in [-0.1, -0.05) is 0 Å². The molecule has 0 saturated carbocycles. The van der Waals surface area contributed by atoms with Gasteiger partial charge in [0.15, 0.2) is 0 Å². The molecule has 16 heavy (non-hydrogen) atoms. The van der Waals surface area contributed by atoms with E-state index in [-0.39, 0.29) is 5.91 Å². The first kappa shape index (κ1) is 10.8. The highest BCUT2D eigenvalue weighted by molar-refractivity contribution is 7.08. The second-order valence-electron chi connectivity index (χ2n) is 3.57. The zero-order chi connectivity index (χ0) is 11.4. The Hall–Kier alpha value is -1.68. The molecule has 0 fully saturated rings. The summed E-state index contributed by atoms with van der Waals surface area (Å²) in [5.74, 6) is 0.580. The molecule has 1 amide bonds. The number of rotatable bonds is 3. The third kappa shape index (κ3) is 2.90. The van der Waals surface area contributed by atoms with Crippen LogP contribution in [0.2, 0.25) is 0 Å². The van der Waals surface area contributed by atoms with Crippen molar-refractivity contribution in [3.63, 3.8) is 0 Å². The van der Waals surface area contributed by atoms with Gasteiger partial charge in [-0.15, -0.1) is 0 Å². The zero-order valence-corrected chi connectivity index (χ0v) is 9.75. The molecule has 0 unspecified atom stereocenters. The first-order chi connectivity index (χ1) is 7.74. The Morgan fingerprint density at radius 3 is 3.06 bits per heavy atom. The number of aromatic nitrogens is 1. The molecule has 1 N–H and O–H groups in total. The van der Waals surface area contributed by atoms with Gasteiger partial charge in [-0.25, -0.2) is 4.98 Å². The van der Waals surface area contributed by atoms with Gasteiger partial charge in [-0.05, 0) is 47.0 Å². The summed E-state index contributed by atoms with van der Waals surface area (Å²) in [6, 6.07) is 5.70. The number of anilines is 1. The molecule has 0 aliphatic rings. The molecule has 0 aromatic carbocycles. The van der Waals surface area contributed by atoms with Crippen molar-refractivity contribution in [3.8, 4) is 0 Å². The van der Waals surface area contributed by atoms with Gasteiger partial charge in [0.05, 0.1) is 6.42 Å². The number of carbonyl (C=O) groups excluding carboxylic acids is 1. The molecular weight excluding hydrogens is 220 g/mol. The van der Waals surface area contributed by atoms with Crippen LogP contribution in [-0.4, -0.2) is 10.9 Å². The summed E-state index contributed by atoms with van der Waals surface area (Å²) in [5, 5.41) is 6.72. The number of nitrogens with one attached hydrogen (secondary N) is 1. The van der Waals surface area contributed by atoms with E-state index in [9.17, 15) is 4.79 Å². The molecule has 3 nitrogen and oxygen atoms in total. The van der Waals surface area contributed by atoms with Crippen LogP contribution in [0.25, 0.3) is 0 Å². The van der Waals surface area contributed by atoms with Crippen LogP contribution in [0.4, 0.5) is 5.82 Å². The summed E-state index contributed by atoms with van der Waals surface area (Å²) >= 11 is 1.59. The minimum Gasteiger partial charge on any atom is -0.310 e. The average Bonchev–Trinajstić information content (AvgIpc) is 2.70. The summed E-state index contributed by atoms with van der Waals surface area (Å²) < 4.78 is 0. The van der Waals surface area contributed by atoms with Gasteiger partial charge in [0.25, 0.3) is 0 Å². The lowest BCUT2D eigenvalue weighted by molar-refractivity contribution is -0.115. The van der Waals surface area contributed by atoms with Crippen LogP contribution in [0.15, 0.2) is 35.2 Å². The predicted octanol–water partition coefficient (Wildman–Crippen LogP) is 2.63. The average molecular weight is 232 g/mol. The number of aryl methyl sites for hydroxylation is 1. The Labute approximate surface area is 98.2 Å². The van der Waals surface area contributed by atoms with Gasteiger partial charge in [0.2, 0.25) is 5.91 Å². The lowest BCUT2D eigenvalue weighted by Crippen LogP contribution is -2.14. The Morgan fingerprint density at radius 2 is 2.38 bits per heavy atom. The number of carbonyl (C=O) groups is 1. The van der Waals surface area contributed by atoms with Crippen LogP contribution in [0.3, 0.4) is 0 Å². The van der Waals surface area contributed by atoms with Gasteiger partial charge >= 0.3 is 0 Å². The van der Waals surface area contributed by atoms with Crippen molar-refractivity contribution >= 4 is 23.1 Å². The lowest BCUT2D eigenvalue weighted by Gasteiger charge is -2.03. The smallest absolute Gasteiger partial charge is 0.229 e. The molecule has 2 aromatic heterocycles. The third-order valence-electron chi connectivity index (χ3n) is 2.13. The van der Waals surface area contributed by atoms with E-state index in [0.717, 1.165) is 11.1 Å². The van der Waals surface area contributed by atoms with Gasteiger partial charge < -0.3 is 5.32 Å². The number of nitrogens with zero attached hydrogens (tertiary/aromatic N) is 1. The van der Waals surface area contributed by atoms with Crippen LogP contribution in [-0.2, 0) is 11.2 Å². The molecule has 82 valence electrons. The number of pyridine rings is 1. The maximum atomic E-state index is 11.6. The molecule has 0 saturated heterocycles. The molecule has 0 bridgehead atoms. The van der Waals surface area contributed by atoms with E-state index in [1.807, 2.05) is 35.9 Å². The highest BCUT2D eigenvalue weighted by atomic mass is 32.1. The maximum absolute atomic E-state index is 11.6. The molecule has 0 radical (unpaired) electrons. The highest BCUT2D eigenvalue weighted by Crippen LogP contribution is 2.09. The fourth-order valence-corrected chi connectivity index (χ4v) is 2.04. The maximum Gasteiger partial charge on any atom is 0.229 e. The predicted molar refractivity (Wildman–Crippen MR) is 65.6 cm³/mol. The van der Waals surface area contributed by atoms with Crippen molar-refractivity contribution in [2.75, 3.05) is 5.32 Å². The van der Waals surface area contributed by atoms with E-state index in [1.165, 1.54) is 0 Å². The zero-order valence-electron chi connectivity index (χ0n) is 8.93. The monoisotopic (exact) mass is 232 g/mol. The molecule has 2 aromatic rings. The minimum absolute atomic E-state index is 0.0310. The van der Waals surface area contributed by atoms with Crippen LogP contribution in [0.5, 0.6) is 0 Å². The quantitative estimate of drug-likeness (QED) is 0.884. The largest absolute Gasteiger partial charge is 0.310 e. The molecule has 0 aliphatic heterocycles. The summed E-state index contributed by atoms with van der Waals surface area (Å²) in [4.78, 5) is 15.7. The second kappa shape index (κ2) is 4.90. The first-order valence-electron chi connectivity index (χ1n) is 4.97. The van der Waals surface area contributed by atoms with Crippen molar-refractivity contribution in [3.05, 3.63) is 46.3 Å². The molecule has 0 spiro atoms. The van der Waals surface area contributed by atoms with Gasteiger partial charge in [0, 0.05) is 6.20 Å². The van der Waals surface area contributed by atoms with Crippen molar-refractivity contribution in [1.82, 2.24) is 4.98 Å². The Balaban J connectivity index is 1.97. The van der Waals surface area contributed by atoms with Gasteiger partial charge in [0.1, 0.15) is 5.82 Å². The van der Waals surface area contributed by atoms with Crippen molar-refractivity contribution in [2.24, 2.45) is 0 Å². The Morgan fingerprint density at radius 1 is 1.50 bits per heavy atom. The SMILES string of the molecule is Cc1ccnc(NC(=O)Cc2ccsc2)c1. The molecule has 2 heterocycles. The van der Waals surface area contributed by atoms with Gasteiger partial charge in [-0.2, -0.15) is 11.3 Å². The van der Waals surface area contributed by atoms with E-state index < -0.39 is 0 Å². The number of amides is 1. The summed E-state index contributed by atoms with van der Waals surface area (Å²) in [7, 11) is 0. The minimum atomic E-state index is -0.0310. The lowest BCUT2D eigenvalue weighted by atomic mass is 10.2. The normalized spacial score (nSPS) is 10.1. The Bertz CT molecular complexity index is 480. The van der Waals surface area contributed by atoms with Crippen molar-refractivity contribution in [1.29, 1.82) is 0 Å². The number of hydrogen-bond acceptors (Lipinski definition) is 3. The van der Waals surface area contributed by atoms with Crippen LogP contribution in [0, 0.1) is 6.92 Å². The van der Waals surface area contributed by atoms with Crippen molar-refractivity contribution < 1.29 is 4.79 Å². The molecule has 0 aliphatic carbocycles. The standard InChI is InChI=1S/C12H12N2OS/c1-9-2-4-13-11(6-9)14-12(15)7-10-3-5-16-8-10/h2-6,8H,7H2,1H3,(H,13,14,15). The van der Waals surface area contributed by atoms with E-state index in [0.29, 0.717) is 12.2 Å². The fraction of sp³-hybridized carbons (Fsp3) is 0.167. The molecule has 2 rings (SSSR count).